The summed E-state index contributed by atoms with van der Waals surface area (Å²) in [6.45, 7) is 2.86. The molecule has 2 aliphatic heterocycles. The number of aliphatic imine (C=N–C) groups is 1. The maximum atomic E-state index is 6.01. The van der Waals surface area contributed by atoms with Crippen molar-refractivity contribution in [1.82, 2.24) is 10.6 Å². The molecule has 0 radical (unpaired) electrons. The molecule has 0 amide bonds. The van der Waals surface area contributed by atoms with Crippen LogP contribution < -0.4 is 15.4 Å². The highest BCUT2D eigenvalue weighted by atomic mass is 16.5. The van der Waals surface area contributed by atoms with Crippen LogP contribution in [0.2, 0.25) is 0 Å². The minimum Gasteiger partial charge on any atom is -0.489 e. The largest absolute Gasteiger partial charge is 0.489 e. The molecule has 0 aliphatic carbocycles. The molecular formula is C18H27N3O2. The van der Waals surface area contributed by atoms with Crippen molar-refractivity contribution < 1.29 is 9.47 Å². The molecule has 2 aliphatic rings. The number of nitrogens with zero attached hydrogens (tertiary/aromatic N) is 1. The number of para-hydroxylation sites is 1. The standard InChI is InChI=1S/C18H27N3O2/c1-3-13(22-14-7-5-4-6-8-14)12-20-18(19-2)21-16-11-15-9-10-17(16)23-15/h4-8,13,15-17H,3,9-12H2,1-2H3,(H2,19,20,21). The minimum atomic E-state index is 0.118. The van der Waals surface area contributed by atoms with Crippen molar-refractivity contribution in [2.45, 2.75) is 57.0 Å². The number of hydrogen-bond acceptors (Lipinski definition) is 3. The highest BCUT2D eigenvalue weighted by Crippen LogP contribution is 2.34. The lowest BCUT2D eigenvalue weighted by Gasteiger charge is -2.24. The van der Waals surface area contributed by atoms with Gasteiger partial charge in [0.05, 0.1) is 24.8 Å². The Morgan fingerprint density at radius 1 is 1.35 bits per heavy atom. The average Bonchev–Trinajstić information content (AvgIpc) is 3.21. The SMILES string of the molecule is CCC(CNC(=NC)NC1CC2CCC1O2)Oc1ccccc1. The van der Waals surface area contributed by atoms with Crippen LogP contribution in [0.25, 0.3) is 0 Å². The minimum absolute atomic E-state index is 0.118. The second-order valence-corrected chi connectivity index (χ2v) is 6.27. The Morgan fingerprint density at radius 3 is 2.78 bits per heavy atom. The van der Waals surface area contributed by atoms with E-state index in [4.69, 9.17) is 9.47 Å². The highest BCUT2D eigenvalue weighted by Gasteiger charge is 2.41. The normalized spacial score (nSPS) is 27.7. The van der Waals surface area contributed by atoms with Crippen LogP contribution in [0.1, 0.15) is 32.6 Å². The molecule has 5 nitrogen and oxygen atoms in total. The third-order valence-electron chi connectivity index (χ3n) is 4.65. The van der Waals surface area contributed by atoms with Gasteiger partial charge >= 0.3 is 0 Å². The zero-order chi connectivity index (χ0) is 16.1. The summed E-state index contributed by atoms with van der Waals surface area (Å²) >= 11 is 0. The Kier molecular flexibility index (Phi) is 5.39. The second-order valence-electron chi connectivity index (χ2n) is 6.27. The van der Waals surface area contributed by atoms with Gasteiger partial charge in [-0.25, -0.2) is 0 Å². The Balaban J connectivity index is 1.47. The molecule has 2 bridgehead atoms. The van der Waals surface area contributed by atoms with Crippen molar-refractivity contribution in [2.24, 2.45) is 4.99 Å². The summed E-state index contributed by atoms with van der Waals surface area (Å²) < 4.78 is 11.9. The fourth-order valence-corrected chi connectivity index (χ4v) is 3.33. The van der Waals surface area contributed by atoms with Gasteiger partial charge in [-0.15, -0.1) is 0 Å². The van der Waals surface area contributed by atoms with Crippen LogP contribution in [-0.4, -0.2) is 43.9 Å². The molecule has 2 fully saturated rings. The summed E-state index contributed by atoms with van der Waals surface area (Å²) in [6, 6.07) is 10.3. The van der Waals surface area contributed by atoms with Crippen LogP contribution in [-0.2, 0) is 4.74 Å². The fraction of sp³-hybridized carbons (Fsp3) is 0.611. The average molecular weight is 317 g/mol. The lowest BCUT2D eigenvalue weighted by atomic mass is 9.96. The number of nitrogens with one attached hydrogen (secondary N) is 2. The van der Waals surface area contributed by atoms with Crippen molar-refractivity contribution in [1.29, 1.82) is 0 Å². The number of rotatable bonds is 6. The predicted octanol–water partition coefficient (Wildman–Crippen LogP) is 2.33. The van der Waals surface area contributed by atoms with Crippen LogP contribution in [0.3, 0.4) is 0 Å². The van der Waals surface area contributed by atoms with Gasteiger partial charge in [0.15, 0.2) is 5.96 Å². The lowest BCUT2D eigenvalue weighted by Crippen LogP contribution is -2.49. The van der Waals surface area contributed by atoms with Gasteiger partial charge in [-0.2, -0.15) is 0 Å². The Bertz CT molecular complexity index is 520. The van der Waals surface area contributed by atoms with Gasteiger partial charge in [0, 0.05) is 7.05 Å². The van der Waals surface area contributed by atoms with Crippen molar-refractivity contribution in [3.8, 4) is 5.75 Å². The van der Waals surface area contributed by atoms with E-state index in [0.29, 0.717) is 18.2 Å². The van der Waals surface area contributed by atoms with Gasteiger partial charge in [-0.05, 0) is 37.8 Å². The van der Waals surface area contributed by atoms with E-state index in [-0.39, 0.29) is 6.10 Å². The van der Waals surface area contributed by atoms with E-state index in [9.17, 15) is 0 Å². The third-order valence-corrected chi connectivity index (χ3v) is 4.65. The molecule has 4 atom stereocenters. The van der Waals surface area contributed by atoms with E-state index < -0.39 is 0 Å². The zero-order valence-corrected chi connectivity index (χ0v) is 14.0. The molecule has 1 aromatic carbocycles. The summed E-state index contributed by atoms with van der Waals surface area (Å²) in [5, 5.41) is 6.88. The summed E-state index contributed by atoms with van der Waals surface area (Å²) in [6.07, 6.45) is 5.30. The number of guanidine groups is 1. The Morgan fingerprint density at radius 2 is 2.17 bits per heavy atom. The van der Waals surface area contributed by atoms with E-state index in [1.165, 1.54) is 6.42 Å². The van der Waals surface area contributed by atoms with Gasteiger partial charge in [0.1, 0.15) is 11.9 Å². The number of hydrogen-bond donors (Lipinski definition) is 2. The molecule has 0 spiro atoms. The first-order valence-electron chi connectivity index (χ1n) is 8.62. The first kappa shape index (κ1) is 16.1. The molecule has 0 aromatic heterocycles. The van der Waals surface area contributed by atoms with Crippen molar-refractivity contribution >= 4 is 5.96 Å². The molecule has 2 heterocycles. The monoisotopic (exact) mass is 317 g/mol. The van der Waals surface area contributed by atoms with Crippen LogP contribution in [0, 0.1) is 0 Å². The Hall–Kier alpha value is -1.75. The van der Waals surface area contributed by atoms with Gasteiger partial charge in [-0.1, -0.05) is 25.1 Å². The quantitative estimate of drug-likeness (QED) is 0.624. The molecule has 2 N–H and O–H groups in total. The molecule has 1 aromatic rings. The van der Waals surface area contributed by atoms with Gasteiger partial charge < -0.3 is 20.1 Å². The molecule has 126 valence electrons. The van der Waals surface area contributed by atoms with E-state index >= 15 is 0 Å². The molecule has 5 heteroatoms. The summed E-state index contributed by atoms with van der Waals surface area (Å²) in [4.78, 5) is 4.33. The molecule has 4 unspecified atom stereocenters. The van der Waals surface area contributed by atoms with Gasteiger partial charge in [-0.3, -0.25) is 4.99 Å². The number of ether oxygens (including phenoxy) is 2. The van der Waals surface area contributed by atoms with E-state index in [1.807, 2.05) is 37.4 Å². The van der Waals surface area contributed by atoms with Crippen LogP contribution in [0.4, 0.5) is 0 Å². The second kappa shape index (κ2) is 7.68. The van der Waals surface area contributed by atoms with Crippen LogP contribution >= 0.6 is 0 Å². The predicted molar refractivity (Wildman–Crippen MR) is 91.9 cm³/mol. The van der Waals surface area contributed by atoms with Crippen LogP contribution in [0.15, 0.2) is 35.3 Å². The summed E-state index contributed by atoms with van der Waals surface area (Å²) in [5.74, 6) is 1.74. The molecule has 2 saturated heterocycles. The first-order chi connectivity index (χ1) is 11.3. The summed E-state index contributed by atoms with van der Waals surface area (Å²) in [5.41, 5.74) is 0. The van der Waals surface area contributed by atoms with Gasteiger partial charge in [0.2, 0.25) is 0 Å². The maximum absolute atomic E-state index is 6.01. The fourth-order valence-electron chi connectivity index (χ4n) is 3.33. The number of benzene rings is 1. The maximum Gasteiger partial charge on any atom is 0.191 e. The third kappa shape index (κ3) is 4.16. The van der Waals surface area contributed by atoms with Crippen LogP contribution in [0.5, 0.6) is 5.75 Å². The number of fused-ring (bicyclic) bond motifs is 2. The molecular weight excluding hydrogens is 290 g/mol. The Labute approximate surface area is 138 Å². The topological polar surface area (TPSA) is 54.9 Å². The molecule has 3 rings (SSSR count). The van der Waals surface area contributed by atoms with E-state index in [2.05, 4.69) is 22.5 Å². The van der Waals surface area contributed by atoms with Crippen molar-refractivity contribution in [2.75, 3.05) is 13.6 Å². The van der Waals surface area contributed by atoms with Crippen molar-refractivity contribution in [3.63, 3.8) is 0 Å². The lowest BCUT2D eigenvalue weighted by molar-refractivity contribution is 0.0992. The van der Waals surface area contributed by atoms with Gasteiger partial charge in [0.25, 0.3) is 0 Å². The molecule has 23 heavy (non-hydrogen) atoms. The molecule has 0 saturated carbocycles. The summed E-state index contributed by atoms with van der Waals surface area (Å²) in [7, 11) is 1.81. The first-order valence-corrected chi connectivity index (χ1v) is 8.62. The zero-order valence-electron chi connectivity index (χ0n) is 14.0. The van der Waals surface area contributed by atoms with E-state index in [1.54, 1.807) is 0 Å². The van der Waals surface area contributed by atoms with Crippen molar-refractivity contribution in [3.05, 3.63) is 30.3 Å². The smallest absolute Gasteiger partial charge is 0.191 e. The van der Waals surface area contributed by atoms with E-state index in [0.717, 1.165) is 37.5 Å². The highest BCUT2D eigenvalue weighted by molar-refractivity contribution is 5.80.